The zero-order chi connectivity index (χ0) is 14.8. The summed E-state index contributed by atoms with van der Waals surface area (Å²) in [6.07, 6.45) is 10.7. The number of aryl methyl sites for hydroxylation is 1. The summed E-state index contributed by atoms with van der Waals surface area (Å²) in [7, 11) is 0. The van der Waals surface area contributed by atoms with Crippen molar-refractivity contribution >= 4 is 17.7 Å². The van der Waals surface area contributed by atoms with Gasteiger partial charge in [0.2, 0.25) is 0 Å². The number of unbranched alkanes of at least 4 members (excludes halogenated alkanes) is 3. The van der Waals surface area contributed by atoms with Gasteiger partial charge in [-0.05, 0) is 42.4 Å². The van der Waals surface area contributed by atoms with Crippen molar-refractivity contribution in [2.24, 2.45) is 0 Å². The molecule has 0 spiro atoms. The molecule has 21 heavy (non-hydrogen) atoms. The largest absolute Gasteiger partial charge is 0.122 e. The third-order valence-electron chi connectivity index (χ3n) is 3.62. The van der Waals surface area contributed by atoms with Crippen molar-refractivity contribution in [3.8, 4) is 0 Å². The minimum Gasteiger partial charge on any atom is -0.122 e. The molecular weight excluding hydrogens is 276 g/mol. The highest BCUT2D eigenvalue weighted by Crippen LogP contribution is 2.11. The lowest BCUT2D eigenvalue weighted by Crippen LogP contribution is -1.86. The first-order chi connectivity index (χ1) is 10.4. The molecule has 0 amide bonds. The minimum absolute atomic E-state index is 0.605. The molecule has 0 fully saturated rings. The Kier molecular flexibility index (Phi) is 7.11. The van der Waals surface area contributed by atoms with Gasteiger partial charge < -0.3 is 0 Å². The Morgan fingerprint density at radius 1 is 0.762 bits per heavy atom. The number of hydrogen-bond donors (Lipinski definition) is 0. The van der Waals surface area contributed by atoms with Gasteiger partial charge in [-0.15, -0.1) is 11.6 Å². The Bertz CT molecular complexity index is 526. The summed E-state index contributed by atoms with van der Waals surface area (Å²) in [5.41, 5.74) is 3.91. The zero-order valence-electron chi connectivity index (χ0n) is 12.5. The van der Waals surface area contributed by atoms with Crippen LogP contribution in [-0.2, 0) is 12.3 Å². The van der Waals surface area contributed by atoms with Gasteiger partial charge in [0.05, 0.1) is 0 Å². The maximum absolute atomic E-state index is 5.79. The Hall–Kier alpha value is -1.53. The fourth-order valence-electron chi connectivity index (χ4n) is 2.35. The van der Waals surface area contributed by atoms with E-state index in [0.717, 1.165) is 0 Å². The number of rotatable bonds is 8. The smallest absolute Gasteiger partial charge is 0.0474 e. The second-order valence-electron chi connectivity index (χ2n) is 5.36. The van der Waals surface area contributed by atoms with E-state index in [1.54, 1.807) is 0 Å². The first-order valence-corrected chi connectivity index (χ1v) is 8.27. The van der Waals surface area contributed by atoms with Gasteiger partial charge in [0.25, 0.3) is 0 Å². The first-order valence-electron chi connectivity index (χ1n) is 7.74. The Balaban J connectivity index is 1.58. The van der Waals surface area contributed by atoms with Gasteiger partial charge in [0, 0.05) is 5.88 Å². The van der Waals surface area contributed by atoms with E-state index in [9.17, 15) is 0 Å². The van der Waals surface area contributed by atoms with Gasteiger partial charge in [0.15, 0.2) is 0 Å². The van der Waals surface area contributed by atoms with Crippen LogP contribution >= 0.6 is 11.6 Å². The molecule has 0 N–H and O–H groups in total. The number of alkyl halides is 1. The summed E-state index contributed by atoms with van der Waals surface area (Å²) < 4.78 is 0. The molecule has 2 aromatic carbocycles. The highest BCUT2D eigenvalue weighted by atomic mass is 35.5. The van der Waals surface area contributed by atoms with Crippen LogP contribution in [0.15, 0.2) is 60.7 Å². The molecule has 0 aliphatic carbocycles. The normalized spacial score (nSPS) is 11.1. The fraction of sp³-hybridized carbons (Fsp3) is 0.300. The molecule has 2 aromatic rings. The molecule has 0 saturated heterocycles. The molecule has 0 aliphatic heterocycles. The van der Waals surface area contributed by atoms with Crippen molar-refractivity contribution in [3.05, 3.63) is 77.4 Å². The van der Waals surface area contributed by atoms with E-state index in [-0.39, 0.29) is 0 Å². The second kappa shape index (κ2) is 9.41. The Morgan fingerprint density at radius 3 is 2.19 bits per heavy atom. The summed E-state index contributed by atoms with van der Waals surface area (Å²) in [6, 6.07) is 19.2. The fourth-order valence-corrected chi connectivity index (χ4v) is 2.52. The van der Waals surface area contributed by atoms with Crippen LogP contribution in [0.1, 0.15) is 42.4 Å². The Labute approximate surface area is 133 Å². The minimum atomic E-state index is 0.605. The van der Waals surface area contributed by atoms with Gasteiger partial charge in [0.1, 0.15) is 0 Å². The van der Waals surface area contributed by atoms with Gasteiger partial charge >= 0.3 is 0 Å². The molecule has 0 heterocycles. The summed E-state index contributed by atoms with van der Waals surface area (Å²) >= 11 is 5.79. The molecule has 1 heteroatoms. The van der Waals surface area contributed by atoms with Crippen LogP contribution in [0.4, 0.5) is 0 Å². The van der Waals surface area contributed by atoms with Gasteiger partial charge in [-0.1, -0.05) is 73.2 Å². The molecule has 0 bridgehead atoms. The molecule has 0 nitrogen and oxygen atoms in total. The van der Waals surface area contributed by atoms with Gasteiger partial charge in [-0.2, -0.15) is 0 Å². The van der Waals surface area contributed by atoms with Crippen molar-refractivity contribution < 1.29 is 0 Å². The third-order valence-corrected chi connectivity index (χ3v) is 3.93. The predicted octanol–water partition coefficient (Wildman–Crippen LogP) is 6.24. The van der Waals surface area contributed by atoms with Crippen molar-refractivity contribution in [1.82, 2.24) is 0 Å². The highest BCUT2D eigenvalue weighted by molar-refractivity contribution is 6.17. The van der Waals surface area contributed by atoms with Crippen LogP contribution in [-0.4, -0.2) is 0 Å². The van der Waals surface area contributed by atoms with E-state index in [2.05, 4.69) is 66.7 Å². The molecule has 110 valence electrons. The maximum atomic E-state index is 5.79. The standard InChI is InChI=1S/C20H23Cl/c21-17-20-15-13-19(14-16-20)12-6-3-1-2-5-9-18-10-7-4-8-11-18/h4-5,7-11,13-16H,1-3,6,12,17H2. The first kappa shape index (κ1) is 15.9. The number of allylic oxidation sites excluding steroid dienone is 1. The molecule has 0 unspecified atom stereocenters. The molecular formula is C20H23Cl. The third kappa shape index (κ3) is 6.18. The highest BCUT2D eigenvalue weighted by Gasteiger charge is 1.94. The van der Waals surface area contributed by atoms with Crippen LogP contribution < -0.4 is 0 Å². The average molecular weight is 299 g/mol. The monoisotopic (exact) mass is 298 g/mol. The van der Waals surface area contributed by atoms with Gasteiger partial charge in [-0.25, -0.2) is 0 Å². The number of benzene rings is 2. The van der Waals surface area contributed by atoms with E-state index in [4.69, 9.17) is 11.6 Å². The topological polar surface area (TPSA) is 0 Å². The quantitative estimate of drug-likeness (QED) is 0.399. The Morgan fingerprint density at radius 2 is 1.48 bits per heavy atom. The summed E-state index contributed by atoms with van der Waals surface area (Å²) in [5.74, 6) is 0.605. The molecule has 0 saturated carbocycles. The zero-order valence-corrected chi connectivity index (χ0v) is 13.2. The molecule has 0 aromatic heterocycles. The number of halogens is 1. The SMILES string of the molecule is ClCc1ccc(CCCCCC=Cc2ccccc2)cc1. The van der Waals surface area contributed by atoms with Crippen molar-refractivity contribution in [2.45, 2.75) is 38.0 Å². The van der Waals surface area contributed by atoms with E-state index < -0.39 is 0 Å². The van der Waals surface area contributed by atoms with E-state index in [1.807, 2.05) is 0 Å². The van der Waals surface area contributed by atoms with Crippen LogP contribution in [0.5, 0.6) is 0 Å². The maximum Gasteiger partial charge on any atom is 0.0474 e. The van der Waals surface area contributed by atoms with Crippen molar-refractivity contribution in [3.63, 3.8) is 0 Å². The van der Waals surface area contributed by atoms with Crippen molar-refractivity contribution in [1.29, 1.82) is 0 Å². The lowest BCUT2D eigenvalue weighted by molar-refractivity contribution is 0.687. The van der Waals surface area contributed by atoms with E-state index in [1.165, 1.54) is 48.8 Å². The van der Waals surface area contributed by atoms with Crippen LogP contribution in [0.25, 0.3) is 6.08 Å². The average Bonchev–Trinajstić information content (AvgIpc) is 2.55. The summed E-state index contributed by atoms with van der Waals surface area (Å²) in [4.78, 5) is 0. The van der Waals surface area contributed by atoms with Crippen LogP contribution in [0.2, 0.25) is 0 Å². The molecule has 2 rings (SSSR count). The lowest BCUT2D eigenvalue weighted by Gasteiger charge is -2.02. The number of hydrogen-bond acceptors (Lipinski definition) is 0. The second-order valence-corrected chi connectivity index (χ2v) is 5.63. The van der Waals surface area contributed by atoms with Crippen LogP contribution in [0.3, 0.4) is 0 Å². The molecule has 0 radical (unpaired) electrons. The summed E-state index contributed by atoms with van der Waals surface area (Å²) in [5, 5.41) is 0. The van der Waals surface area contributed by atoms with E-state index in [0.29, 0.717) is 5.88 Å². The molecule has 0 atom stereocenters. The predicted molar refractivity (Wildman–Crippen MR) is 93.6 cm³/mol. The van der Waals surface area contributed by atoms with Crippen molar-refractivity contribution in [2.75, 3.05) is 0 Å². The van der Waals surface area contributed by atoms with Crippen LogP contribution in [0, 0.1) is 0 Å². The lowest BCUT2D eigenvalue weighted by atomic mass is 10.0. The summed E-state index contributed by atoms with van der Waals surface area (Å²) in [6.45, 7) is 0. The van der Waals surface area contributed by atoms with Gasteiger partial charge in [-0.3, -0.25) is 0 Å². The molecule has 0 aliphatic rings. The van der Waals surface area contributed by atoms with E-state index >= 15 is 0 Å².